The smallest absolute Gasteiger partial charge is 0.246 e. The highest BCUT2D eigenvalue weighted by Gasteiger charge is 2.78. The Hall–Kier alpha value is -2.65. The molecule has 0 aromatic heterocycles. The number of fused-ring (bicyclic) bond motifs is 1. The lowest BCUT2D eigenvalue weighted by Crippen LogP contribution is -2.57. The van der Waals surface area contributed by atoms with Crippen LogP contribution in [-0.4, -0.2) is 70.8 Å². The van der Waals surface area contributed by atoms with Gasteiger partial charge in [-0.15, -0.1) is 0 Å². The zero-order valence-corrected chi connectivity index (χ0v) is 24.7. The standard InChI is InChI=1S/C32H47N3O6/c1-3-31-18-19-32(41-31)26(25(31)28(37)33-23-14-16-24(17-15-23)40-4-2)30(39)35(20-10-5-6-11-21-36)27(32)29(38)34-22-12-8-7-9-13-22/h14-17,22,25-27,36H,3-13,18-21H2,1-2H3,(H,33,37)(H,34,38)/t25-,26-,27?,31+,32?/m0/s1. The average molecular weight is 570 g/mol. The molecule has 226 valence electrons. The number of benzene rings is 1. The predicted molar refractivity (Wildman–Crippen MR) is 155 cm³/mol. The first-order valence-corrected chi connectivity index (χ1v) is 15.8. The minimum absolute atomic E-state index is 0.116. The normalized spacial score (nSPS) is 30.9. The number of amides is 3. The fourth-order valence-corrected chi connectivity index (χ4v) is 7.95. The van der Waals surface area contributed by atoms with E-state index in [4.69, 9.17) is 14.6 Å². The number of aliphatic hydroxyl groups excluding tert-OH is 1. The second-order valence-electron chi connectivity index (χ2n) is 12.3. The summed E-state index contributed by atoms with van der Waals surface area (Å²) < 4.78 is 12.4. The number of carbonyl (C=O) groups excluding carboxylic acids is 3. The van der Waals surface area contributed by atoms with Crippen LogP contribution < -0.4 is 15.4 Å². The van der Waals surface area contributed by atoms with E-state index in [0.717, 1.165) is 57.1 Å². The molecule has 9 nitrogen and oxygen atoms in total. The molecule has 4 fully saturated rings. The molecule has 2 bridgehead atoms. The lowest BCUT2D eigenvalue weighted by Gasteiger charge is -2.35. The molecule has 2 unspecified atom stereocenters. The Kier molecular flexibility index (Phi) is 9.24. The summed E-state index contributed by atoms with van der Waals surface area (Å²) in [4.78, 5) is 44.0. The molecule has 5 atom stereocenters. The van der Waals surface area contributed by atoms with Crippen molar-refractivity contribution in [3.8, 4) is 5.75 Å². The number of hydrogen-bond acceptors (Lipinski definition) is 6. The SMILES string of the molecule is CCOc1ccc(NC(=O)[C@@H]2[C@H]3C(=O)N(CCCCCCO)C(C(=O)NC4CCCCC4)C34CC[C@@]2(CC)O4)cc1. The first-order chi connectivity index (χ1) is 19.9. The van der Waals surface area contributed by atoms with Crippen LogP contribution in [0, 0.1) is 11.8 Å². The molecule has 3 amide bonds. The Balaban J connectivity index is 1.41. The van der Waals surface area contributed by atoms with Crippen molar-refractivity contribution >= 4 is 23.4 Å². The molecule has 3 heterocycles. The summed E-state index contributed by atoms with van der Waals surface area (Å²) in [6.45, 7) is 5.09. The summed E-state index contributed by atoms with van der Waals surface area (Å²) in [6.07, 6.45) is 10.3. The molecule has 3 aliphatic heterocycles. The zero-order valence-electron chi connectivity index (χ0n) is 24.7. The van der Waals surface area contributed by atoms with Crippen molar-refractivity contribution < 1.29 is 29.0 Å². The number of rotatable bonds is 13. The van der Waals surface area contributed by atoms with E-state index in [1.165, 1.54) is 6.42 Å². The van der Waals surface area contributed by atoms with Crippen LogP contribution in [0.1, 0.15) is 90.9 Å². The van der Waals surface area contributed by atoms with E-state index in [9.17, 15) is 14.4 Å². The van der Waals surface area contributed by atoms with Gasteiger partial charge in [0.15, 0.2) is 0 Å². The molecule has 1 aromatic rings. The van der Waals surface area contributed by atoms with E-state index in [2.05, 4.69) is 10.6 Å². The van der Waals surface area contributed by atoms with Gasteiger partial charge in [-0.25, -0.2) is 0 Å². The second-order valence-corrected chi connectivity index (χ2v) is 12.3. The lowest BCUT2D eigenvalue weighted by molar-refractivity contribution is -0.147. The van der Waals surface area contributed by atoms with Crippen molar-refractivity contribution in [2.75, 3.05) is 25.1 Å². The van der Waals surface area contributed by atoms with Crippen molar-refractivity contribution in [1.82, 2.24) is 10.2 Å². The number of aliphatic hydroxyl groups is 1. The number of nitrogens with zero attached hydrogens (tertiary/aromatic N) is 1. The van der Waals surface area contributed by atoms with Crippen molar-refractivity contribution in [3.05, 3.63) is 24.3 Å². The summed E-state index contributed by atoms with van der Waals surface area (Å²) in [5, 5.41) is 15.5. The van der Waals surface area contributed by atoms with Crippen molar-refractivity contribution in [2.45, 2.75) is 114 Å². The first kappa shape index (κ1) is 29.8. The quantitative estimate of drug-likeness (QED) is 0.307. The van der Waals surface area contributed by atoms with Gasteiger partial charge in [0, 0.05) is 24.9 Å². The molecule has 1 saturated carbocycles. The van der Waals surface area contributed by atoms with Crippen molar-refractivity contribution in [2.24, 2.45) is 11.8 Å². The maximum Gasteiger partial charge on any atom is 0.246 e. The van der Waals surface area contributed by atoms with Crippen molar-refractivity contribution in [1.29, 1.82) is 0 Å². The Labute approximate surface area is 243 Å². The fraction of sp³-hybridized carbons (Fsp3) is 0.719. The van der Waals surface area contributed by atoms with Gasteiger partial charge in [0.05, 0.1) is 24.0 Å². The maximum atomic E-state index is 14.3. The Bertz CT molecular complexity index is 1090. The number of nitrogens with one attached hydrogen (secondary N) is 2. The minimum Gasteiger partial charge on any atom is -0.494 e. The predicted octanol–water partition coefficient (Wildman–Crippen LogP) is 4.18. The third-order valence-corrected chi connectivity index (χ3v) is 9.90. The van der Waals surface area contributed by atoms with Gasteiger partial charge in [0.2, 0.25) is 17.7 Å². The van der Waals surface area contributed by atoms with Crippen LogP contribution in [0.25, 0.3) is 0 Å². The Morgan fingerprint density at radius 2 is 1.76 bits per heavy atom. The summed E-state index contributed by atoms with van der Waals surface area (Å²) in [6, 6.07) is 6.63. The van der Waals surface area contributed by atoms with E-state index >= 15 is 0 Å². The van der Waals surface area contributed by atoms with Gasteiger partial charge in [0.25, 0.3) is 0 Å². The van der Waals surface area contributed by atoms with E-state index < -0.39 is 29.1 Å². The molecule has 5 rings (SSSR count). The second kappa shape index (κ2) is 12.7. The Morgan fingerprint density at radius 3 is 2.44 bits per heavy atom. The minimum atomic E-state index is -1.00. The summed E-state index contributed by atoms with van der Waals surface area (Å²) >= 11 is 0. The number of unbranched alkanes of at least 4 members (excludes halogenated alkanes) is 3. The number of ether oxygens (including phenoxy) is 2. The third kappa shape index (κ3) is 5.59. The molecule has 3 saturated heterocycles. The van der Waals surface area contributed by atoms with Gasteiger partial charge < -0.3 is 30.1 Å². The van der Waals surface area contributed by atoms with Gasteiger partial charge in [-0.2, -0.15) is 0 Å². The van der Waals surface area contributed by atoms with E-state index in [-0.39, 0.29) is 30.4 Å². The molecule has 41 heavy (non-hydrogen) atoms. The molecular weight excluding hydrogens is 522 g/mol. The monoisotopic (exact) mass is 569 g/mol. The largest absolute Gasteiger partial charge is 0.494 e. The summed E-state index contributed by atoms with van der Waals surface area (Å²) in [5.41, 5.74) is -1.14. The fourth-order valence-electron chi connectivity index (χ4n) is 7.95. The lowest BCUT2D eigenvalue weighted by atomic mass is 9.65. The van der Waals surface area contributed by atoms with Crippen LogP contribution in [-0.2, 0) is 19.1 Å². The third-order valence-electron chi connectivity index (χ3n) is 9.90. The van der Waals surface area contributed by atoms with E-state index in [1.807, 2.05) is 26.0 Å². The van der Waals surface area contributed by atoms with E-state index in [0.29, 0.717) is 38.1 Å². The zero-order chi connectivity index (χ0) is 29.0. The van der Waals surface area contributed by atoms with Crippen LogP contribution in [0.15, 0.2) is 24.3 Å². The first-order valence-electron chi connectivity index (χ1n) is 15.8. The summed E-state index contributed by atoms with van der Waals surface area (Å²) in [7, 11) is 0. The van der Waals surface area contributed by atoms with Gasteiger partial charge >= 0.3 is 0 Å². The highest BCUT2D eigenvalue weighted by molar-refractivity contribution is 6.02. The van der Waals surface area contributed by atoms with Crippen molar-refractivity contribution in [3.63, 3.8) is 0 Å². The number of anilines is 1. The molecule has 9 heteroatoms. The summed E-state index contributed by atoms with van der Waals surface area (Å²) in [5.74, 6) is -1.15. The number of likely N-dealkylation sites (tertiary alicyclic amines) is 1. The van der Waals surface area contributed by atoms with Crippen LogP contribution in [0.3, 0.4) is 0 Å². The van der Waals surface area contributed by atoms with Crippen LogP contribution in [0.2, 0.25) is 0 Å². The maximum absolute atomic E-state index is 14.3. The molecule has 1 spiro atoms. The van der Waals surface area contributed by atoms with Crippen LogP contribution in [0.4, 0.5) is 5.69 Å². The molecule has 1 aromatic carbocycles. The average Bonchev–Trinajstić information content (AvgIpc) is 3.58. The van der Waals surface area contributed by atoms with Gasteiger partial charge in [-0.1, -0.05) is 39.0 Å². The molecule has 1 aliphatic carbocycles. The topological polar surface area (TPSA) is 117 Å². The molecule has 4 aliphatic rings. The molecule has 0 radical (unpaired) electrons. The molecule has 3 N–H and O–H groups in total. The number of hydrogen-bond donors (Lipinski definition) is 3. The van der Waals surface area contributed by atoms with Gasteiger partial charge in [0.1, 0.15) is 17.4 Å². The van der Waals surface area contributed by atoms with Gasteiger partial charge in [-0.05, 0) is 76.1 Å². The number of carbonyl (C=O) groups is 3. The highest BCUT2D eigenvalue weighted by atomic mass is 16.5. The molecular formula is C32H47N3O6. The Morgan fingerprint density at radius 1 is 1.02 bits per heavy atom. The highest BCUT2D eigenvalue weighted by Crippen LogP contribution is 2.64. The van der Waals surface area contributed by atoms with Gasteiger partial charge in [-0.3, -0.25) is 14.4 Å². The van der Waals surface area contributed by atoms with Crippen LogP contribution >= 0.6 is 0 Å². The van der Waals surface area contributed by atoms with E-state index in [1.54, 1.807) is 17.0 Å². The van der Waals surface area contributed by atoms with Crippen LogP contribution in [0.5, 0.6) is 5.75 Å².